The fraction of sp³-hybridized carbons (Fsp3) is 1.00. The first-order valence-electron chi connectivity index (χ1n) is 18.6. The second-order valence-electron chi connectivity index (χ2n) is 16.3. The summed E-state index contributed by atoms with van der Waals surface area (Å²) in [6, 6.07) is 0.0456. The van der Waals surface area contributed by atoms with Crippen LogP contribution in [0.25, 0.3) is 0 Å². The molecule has 0 spiro atoms. The first-order chi connectivity index (χ1) is 20.6. The maximum Gasteiger partial charge on any atom is 0.0880 e. The third-order valence-electron chi connectivity index (χ3n) is 13.3. The lowest BCUT2D eigenvalue weighted by molar-refractivity contribution is -0.234. The van der Waals surface area contributed by atoms with Gasteiger partial charge >= 0.3 is 0 Å². The number of aliphatic hydroxyl groups is 2. The lowest BCUT2D eigenvalue weighted by atomic mass is 9.42. The molecule has 6 nitrogen and oxygen atoms in total. The van der Waals surface area contributed by atoms with Gasteiger partial charge in [-0.25, -0.2) is 0 Å². The Morgan fingerprint density at radius 2 is 1.53 bits per heavy atom. The van der Waals surface area contributed by atoms with E-state index in [1.54, 1.807) is 0 Å². The normalized spacial score (nSPS) is 39.8. The molecule has 0 aliphatic heterocycles. The number of ether oxygens (including phenoxy) is 2. The molecule has 0 aromatic rings. The molecular weight excluding hydrogens is 536 g/mol. The largest absolute Gasteiger partial charge is 0.393 e. The topological polar surface area (TPSA) is 97.0 Å². The summed E-state index contributed by atoms with van der Waals surface area (Å²) in [5.74, 6) is 4.46. The maximum absolute atomic E-state index is 12.5. The van der Waals surface area contributed by atoms with Gasteiger partial charge in [-0.15, -0.1) is 0 Å². The Kier molecular flexibility index (Phi) is 13.3. The first kappa shape index (κ1) is 35.6. The van der Waals surface area contributed by atoms with Gasteiger partial charge in [0.25, 0.3) is 0 Å². The van der Waals surface area contributed by atoms with Crippen LogP contribution < -0.4 is 11.1 Å². The second-order valence-corrected chi connectivity index (χ2v) is 16.3. The molecular formula is C37H70N2O4. The van der Waals surface area contributed by atoms with Crippen molar-refractivity contribution in [2.24, 2.45) is 52.1 Å². The van der Waals surface area contributed by atoms with Crippen molar-refractivity contribution in [2.75, 3.05) is 39.5 Å². The van der Waals surface area contributed by atoms with E-state index in [1.807, 2.05) is 0 Å². The number of rotatable bonds is 18. The molecule has 4 saturated carbocycles. The molecule has 10 atom stereocenters. The molecule has 0 aromatic carbocycles. The molecule has 0 bridgehead atoms. The summed E-state index contributed by atoms with van der Waals surface area (Å²) in [6.07, 6.45) is 16.3. The van der Waals surface area contributed by atoms with E-state index in [0.29, 0.717) is 30.2 Å². The van der Waals surface area contributed by atoms with Gasteiger partial charge < -0.3 is 30.7 Å². The van der Waals surface area contributed by atoms with Gasteiger partial charge in [-0.3, -0.25) is 0 Å². The van der Waals surface area contributed by atoms with Crippen LogP contribution in [0.1, 0.15) is 131 Å². The molecule has 4 rings (SSSR count). The molecule has 4 fully saturated rings. The molecule has 2 unspecified atom stereocenters. The minimum absolute atomic E-state index is 0.0456. The summed E-state index contributed by atoms with van der Waals surface area (Å²) in [5, 5.41) is 27.2. The molecule has 0 saturated heterocycles. The summed E-state index contributed by atoms with van der Waals surface area (Å²) < 4.78 is 11.5. The fourth-order valence-electron chi connectivity index (χ4n) is 10.8. The Balaban J connectivity index is 1.34. The SMILES string of the molecule is CC(C)CCC[C@@H](C)C1CC[C@H]2[C@@H]3CC(NCCCOCCCCOCCCN)[C@@]4(O)C[C@@H](O)CC[C@]4(C)[C@H]3CC[C@]12C. The molecule has 5 N–H and O–H groups in total. The third kappa shape index (κ3) is 8.01. The van der Waals surface area contributed by atoms with Crippen molar-refractivity contribution in [1.29, 1.82) is 0 Å². The zero-order valence-electron chi connectivity index (χ0n) is 28.8. The number of hydrogen-bond acceptors (Lipinski definition) is 6. The predicted octanol–water partition coefficient (Wildman–Crippen LogP) is 6.70. The van der Waals surface area contributed by atoms with E-state index < -0.39 is 11.7 Å². The summed E-state index contributed by atoms with van der Waals surface area (Å²) in [7, 11) is 0. The van der Waals surface area contributed by atoms with Gasteiger partial charge in [0.2, 0.25) is 0 Å². The Bertz CT molecular complexity index is 826. The summed E-state index contributed by atoms with van der Waals surface area (Å²) >= 11 is 0. The summed E-state index contributed by atoms with van der Waals surface area (Å²) in [4.78, 5) is 0. The lowest BCUT2D eigenvalue weighted by Gasteiger charge is -2.66. The van der Waals surface area contributed by atoms with Crippen molar-refractivity contribution in [2.45, 2.75) is 149 Å². The predicted molar refractivity (Wildman–Crippen MR) is 177 cm³/mol. The van der Waals surface area contributed by atoms with Crippen LogP contribution in [0.15, 0.2) is 0 Å². The molecule has 6 heteroatoms. The van der Waals surface area contributed by atoms with Crippen LogP contribution in [0.3, 0.4) is 0 Å². The minimum Gasteiger partial charge on any atom is -0.393 e. The van der Waals surface area contributed by atoms with Crippen LogP contribution in [0.5, 0.6) is 0 Å². The van der Waals surface area contributed by atoms with E-state index in [1.165, 1.54) is 44.9 Å². The smallest absolute Gasteiger partial charge is 0.0880 e. The third-order valence-corrected chi connectivity index (χ3v) is 13.3. The van der Waals surface area contributed by atoms with Crippen molar-refractivity contribution in [1.82, 2.24) is 5.32 Å². The average Bonchev–Trinajstić information content (AvgIpc) is 3.32. The molecule has 252 valence electrons. The van der Waals surface area contributed by atoms with Crippen LogP contribution >= 0.6 is 0 Å². The monoisotopic (exact) mass is 607 g/mol. The summed E-state index contributed by atoms with van der Waals surface area (Å²) in [5.41, 5.74) is 4.98. The number of nitrogens with two attached hydrogens (primary N) is 1. The average molecular weight is 607 g/mol. The van der Waals surface area contributed by atoms with E-state index in [2.05, 4.69) is 39.9 Å². The Morgan fingerprint density at radius 1 is 0.837 bits per heavy atom. The highest BCUT2D eigenvalue weighted by Gasteiger charge is 2.67. The van der Waals surface area contributed by atoms with Gasteiger partial charge in [0, 0.05) is 44.3 Å². The minimum atomic E-state index is -0.841. The Labute approximate surface area is 265 Å². The highest BCUT2D eigenvalue weighted by Crippen LogP contribution is 2.69. The quantitative estimate of drug-likeness (QED) is 0.130. The molecule has 0 aromatic heterocycles. The second kappa shape index (κ2) is 16.0. The molecule has 4 aliphatic rings. The van der Waals surface area contributed by atoms with Gasteiger partial charge in [-0.1, -0.05) is 53.9 Å². The first-order valence-corrected chi connectivity index (χ1v) is 18.6. The van der Waals surface area contributed by atoms with E-state index in [4.69, 9.17) is 15.2 Å². The zero-order chi connectivity index (χ0) is 31.1. The van der Waals surface area contributed by atoms with Crippen molar-refractivity contribution in [3.63, 3.8) is 0 Å². The van der Waals surface area contributed by atoms with E-state index in [9.17, 15) is 10.2 Å². The lowest BCUT2D eigenvalue weighted by Crippen LogP contribution is -2.71. The van der Waals surface area contributed by atoms with E-state index in [-0.39, 0.29) is 11.5 Å². The molecule has 4 aliphatic carbocycles. The Morgan fingerprint density at radius 3 is 2.23 bits per heavy atom. The van der Waals surface area contributed by atoms with Crippen LogP contribution in [-0.4, -0.2) is 67.5 Å². The number of hydrogen-bond donors (Lipinski definition) is 4. The molecule has 0 amide bonds. The van der Waals surface area contributed by atoms with Crippen molar-refractivity contribution >= 4 is 0 Å². The van der Waals surface area contributed by atoms with E-state index in [0.717, 1.165) is 102 Å². The van der Waals surface area contributed by atoms with Crippen molar-refractivity contribution in [3.8, 4) is 0 Å². The van der Waals surface area contributed by atoms with E-state index >= 15 is 0 Å². The maximum atomic E-state index is 12.5. The van der Waals surface area contributed by atoms with Gasteiger partial charge in [-0.2, -0.15) is 0 Å². The highest BCUT2D eigenvalue weighted by molar-refractivity contribution is 5.18. The standard InChI is InChI=1S/C37H70N2O4/c1-27(2)11-8-12-28(3)31-13-14-32-30-25-34(39-20-10-24-43-22-7-6-21-42-23-9-19-38)37(41)26-29(40)15-18-36(37,5)33(30)16-17-35(31,32)4/h27-34,39-41H,6-26,38H2,1-5H3/t28-,29+,30+,31?,32+,33+,34?,35-,36-,37+/m1/s1. The van der Waals surface area contributed by atoms with Gasteiger partial charge in [0.15, 0.2) is 0 Å². The van der Waals surface area contributed by atoms with Crippen LogP contribution in [0, 0.1) is 46.3 Å². The van der Waals surface area contributed by atoms with Crippen LogP contribution in [0.2, 0.25) is 0 Å². The molecule has 43 heavy (non-hydrogen) atoms. The summed E-state index contributed by atoms with van der Waals surface area (Å²) in [6.45, 7) is 16.9. The van der Waals surface area contributed by atoms with Gasteiger partial charge in [-0.05, 0) is 125 Å². The number of fused-ring (bicyclic) bond motifs is 5. The van der Waals surface area contributed by atoms with Crippen molar-refractivity contribution < 1.29 is 19.7 Å². The van der Waals surface area contributed by atoms with Crippen LogP contribution in [-0.2, 0) is 9.47 Å². The highest BCUT2D eigenvalue weighted by atomic mass is 16.5. The molecule has 0 heterocycles. The number of unbranched alkanes of at least 4 members (excludes halogenated alkanes) is 1. The number of aliphatic hydroxyl groups excluding tert-OH is 1. The fourth-order valence-corrected chi connectivity index (χ4v) is 10.8. The zero-order valence-corrected chi connectivity index (χ0v) is 28.8. The van der Waals surface area contributed by atoms with Crippen LogP contribution in [0.4, 0.5) is 0 Å². The van der Waals surface area contributed by atoms with Gasteiger partial charge in [0.1, 0.15) is 0 Å². The Hall–Kier alpha value is -0.240. The van der Waals surface area contributed by atoms with Crippen molar-refractivity contribution in [3.05, 3.63) is 0 Å². The van der Waals surface area contributed by atoms with Gasteiger partial charge in [0.05, 0.1) is 11.7 Å². The number of nitrogens with one attached hydrogen (secondary N) is 1. The molecule has 0 radical (unpaired) electrons.